The predicted molar refractivity (Wildman–Crippen MR) is 80.0 cm³/mol. The second kappa shape index (κ2) is 6.14. The van der Waals surface area contributed by atoms with Crippen molar-refractivity contribution in [1.29, 1.82) is 0 Å². The lowest BCUT2D eigenvalue weighted by atomic mass is 10.2. The SMILES string of the molecule is COc1ccccc1/C=N\Nc1ccc2nnc(C(F)(F)F)n2n1. The second-order valence-electron chi connectivity index (χ2n) is 4.62. The van der Waals surface area contributed by atoms with Crippen LogP contribution < -0.4 is 10.2 Å². The lowest BCUT2D eigenvalue weighted by Crippen LogP contribution is -2.13. The highest BCUT2D eigenvalue weighted by molar-refractivity contribution is 5.83. The molecule has 24 heavy (non-hydrogen) atoms. The summed E-state index contributed by atoms with van der Waals surface area (Å²) in [6.07, 6.45) is -3.17. The number of hydrazone groups is 1. The Bertz CT molecular complexity index is 890. The fourth-order valence-electron chi connectivity index (χ4n) is 1.97. The maximum atomic E-state index is 12.8. The molecule has 0 amide bonds. The van der Waals surface area contributed by atoms with Crippen LogP contribution in [0.4, 0.5) is 19.0 Å². The summed E-state index contributed by atoms with van der Waals surface area (Å²) in [5.41, 5.74) is 3.25. The Morgan fingerprint density at radius 2 is 1.96 bits per heavy atom. The van der Waals surface area contributed by atoms with Crippen molar-refractivity contribution in [3.05, 3.63) is 47.8 Å². The minimum Gasteiger partial charge on any atom is -0.496 e. The molecular weight excluding hydrogens is 325 g/mol. The van der Waals surface area contributed by atoms with Gasteiger partial charge in [-0.05, 0) is 24.3 Å². The molecule has 0 aliphatic rings. The zero-order valence-electron chi connectivity index (χ0n) is 12.3. The molecule has 0 radical (unpaired) electrons. The second-order valence-corrected chi connectivity index (χ2v) is 4.62. The molecule has 0 unspecified atom stereocenters. The molecule has 2 aromatic heterocycles. The molecule has 7 nitrogen and oxygen atoms in total. The highest BCUT2D eigenvalue weighted by Gasteiger charge is 2.37. The smallest absolute Gasteiger partial charge is 0.453 e. The first kappa shape index (κ1) is 15.7. The van der Waals surface area contributed by atoms with Crippen LogP contribution in [0.5, 0.6) is 5.75 Å². The molecule has 0 saturated carbocycles. The number of methoxy groups -OCH3 is 1. The van der Waals surface area contributed by atoms with Gasteiger partial charge in [0.25, 0.3) is 5.82 Å². The van der Waals surface area contributed by atoms with Crippen LogP contribution in [-0.4, -0.2) is 33.1 Å². The van der Waals surface area contributed by atoms with Crippen molar-refractivity contribution >= 4 is 17.7 Å². The van der Waals surface area contributed by atoms with Gasteiger partial charge >= 0.3 is 6.18 Å². The van der Waals surface area contributed by atoms with Crippen molar-refractivity contribution < 1.29 is 17.9 Å². The summed E-state index contributed by atoms with van der Waals surface area (Å²) in [5.74, 6) is -0.474. The molecule has 0 aliphatic heterocycles. The Labute approximate surface area is 133 Å². The van der Waals surface area contributed by atoms with Crippen molar-refractivity contribution in [2.75, 3.05) is 12.5 Å². The summed E-state index contributed by atoms with van der Waals surface area (Å²) in [7, 11) is 1.53. The minimum atomic E-state index is -4.65. The van der Waals surface area contributed by atoms with Crippen LogP contribution in [0.25, 0.3) is 5.65 Å². The number of hydrogen-bond donors (Lipinski definition) is 1. The van der Waals surface area contributed by atoms with Crippen LogP contribution in [-0.2, 0) is 6.18 Å². The standard InChI is InChI=1S/C14H11F3N6O/c1-24-10-5-3-2-4-9(10)8-18-19-11-6-7-12-20-21-13(14(15,16)17)23(12)22-11/h2-8H,1H3,(H,19,22)/b18-8-. The summed E-state index contributed by atoms with van der Waals surface area (Å²) >= 11 is 0. The third kappa shape index (κ3) is 3.12. The van der Waals surface area contributed by atoms with Crippen molar-refractivity contribution in [1.82, 2.24) is 19.8 Å². The van der Waals surface area contributed by atoms with Gasteiger partial charge < -0.3 is 4.74 Å². The number of rotatable bonds is 4. The zero-order valence-corrected chi connectivity index (χ0v) is 12.3. The van der Waals surface area contributed by atoms with Crippen molar-refractivity contribution in [3.63, 3.8) is 0 Å². The topological polar surface area (TPSA) is 76.7 Å². The van der Waals surface area contributed by atoms with Gasteiger partial charge in [0.1, 0.15) is 5.75 Å². The number of halogens is 3. The van der Waals surface area contributed by atoms with E-state index in [-0.39, 0.29) is 11.5 Å². The number of hydrogen-bond acceptors (Lipinski definition) is 6. The Morgan fingerprint density at radius 1 is 1.17 bits per heavy atom. The number of ether oxygens (including phenoxy) is 1. The van der Waals surface area contributed by atoms with E-state index in [0.717, 1.165) is 0 Å². The maximum absolute atomic E-state index is 12.8. The van der Waals surface area contributed by atoms with Gasteiger partial charge in [0.05, 0.1) is 13.3 Å². The molecule has 0 fully saturated rings. The number of alkyl halides is 3. The van der Waals surface area contributed by atoms with Crippen molar-refractivity contribution in [2.45, 2.75) is 6.18 Å². The van der Waals surface area contributed by atoms with E-state index in [9.17, 15) is 13.2 Å². The maximum Gasteiger partial charge on any atom is 0.453 e. The quantitative estimate of drug-likeness (QED) is 0.585. The molecule has 0 spiro atoms. The number of benzene rings is 1. The Morgan fingerprint density at radius 3 is 2.71 bits per heavy atom. The summed E-state index contributed by atoms with van der Waals surface area (Å²) in [6, 6.07) is 9.96. The number of aromatic nitrogens is 4. The van der Waals surface area contributed by atoms with Gasteiger partial charge in [0.2, 0.25) is 0 Å². The van der Waals surface area contributed by atoms with Crippen LogP contribution in [0.15, 0.2) is 41.5 Å². The molecule has 0 saturated heterocycles. The fraction of sp³-hybridized carbons (Fsp3) is 0.143. The van der Waals surface area contributed by atoms with E-state index in [2.05, 4.69) is 25.8 Å². The van der Waals surface area contributed by atoms with E-state index in [4.69, 9.17) is 4.74 Å². The van der Waals surface area contributed by atoms with Crippen LogP contribution in [0.3, 0.4) is 0 Å². The summed E-state index contributed by atoms with van der Waals surface area (Å²) in [5, 5.41) is 14.3. The molecule has 0 bridgehead atoms. The van der Waals surface area contributed by atoms with Crippen LogP contribution in [0.2, 0.25) is 0 Å². The number of nitrogens with one attached hydrogen (secondary N) is 1. The van der Waals surface area contributed by atoms with Gasteiger partial charge in [-0.3, -0.25) is 5.43 Å². The average Bonchev–Trinajstić information content (AvgIpc) is 2.98. The first-order valence-corrected chi connectivity index (χ1v) is 6.71. The van der Waals surface area contributed by atoms with Crippen LogP contribution in [0.1, 0.15) is 11.4 Å². The monoisotopic (exact) mass is 336 g/mol. The Kier molecular flexibility index (Phi) is 4.02. The van der Waals surface area contributed by atoms with E-state index in [1.165, 1.54) is 25.5 Å². The highest BCUT2D eigenvalue weighted by Crippen LogP contribution is 2.27. The predicted octanol–water partition coefficient (Wildman–Crippen LogP) is 2.60. The number of para-hydroxylation sites is 1. The van der Waals surface area contributed by atoms with E-state index in [0.29, 0.717) is 15.8 Å². The molecule has 1 aromatic carbocycles. The number of fused-ring (bicyclic) bond motifs is 1. The van der Waals surface area contributed by atoms with Crippen LogP contribution in [0, 0.1) is 0 Å². The molecule has 2 heterocycles. The molecule has 10 heteroatoms. The van der Waals surface area contributed by atoms with Gasteiger partial charge in [-0.25, -0.2) is 0 Å². The number of nitrogens with zero attached hydrogens (tertiary/aromatic N) is 5. The van der Waals surface area contributed by atoms with Gasteiger partial charge in [-0.2, -0.15) is 22.8 Å². The molecule has 1 N–H and O–H groups in total. The lowest BCUT2D eigenvalue weighted by molar-refractivity contribution is -0.146. The summed E-state index contributed by atoms with van der Waals surface area (Å²) in [4.78, 5) is 0. The normalized spacial score (nSPS) is 12.0. The number of anilines is 1. The van der Waals surface area contributed by atoms with Gasteiger partial charge in [0.15, 0.2) is 11.5 Å². The van der Waals surface area contributed by atoms with Gasteiger partial charge in [-0.15, -0.1) is 15.3 Å². The minimum absolute atomic E-state index is 0.0124. The Hall–Kier alpha value is -3.17. The zero-order chi connectivity index (χ0) is 17.2. The first-order valence-electron chi connectivity index (χ1n) is 6.71. The molecular formula is C14H11F3N6O. The molecule has 0 atom stereocenters. The lowest BCUT2D eigenvalue weighted by Gasteiger charge is -2.05. The Balaban J connectivity index is 1.84. The van der Waals surface area contributed by atoms with Crippen molar-refractivity contribution in [3.8, 4) is 5.75 Å². The van der Waals surface area contributed by atoms with E-state index < -0.39 is 12.0 Å². The summed E-state index contributed by atoms with van der Waals surface area (Å²) < 4.78 is 44.2. The first-order chi connectivity index (χ1) is 11.5. The summed E-state index contributed by atoms with van der Waals surface area (Å²) in [6.45, 7) is 0. The molecule has 3 rings (SSSR count). The molecule has 3 aromatic rings. The largest absolute Gasteiger partial charge is 0.496 e. The fourth-order valence-corrected chi connectivity index (χ4v) is 1.97. The molecule has 0 aliphatic carbocycles. The van der Waals surface area contributed by atoms with Gasteiger partial charge in [-0.1, -0.05) is 12.1 Å². The third-order valence-electron chi connectivity index (χ3n) is 3.04. The third-order valence-corrected chi connectivity index (χ3v) is 3.04. The van der Waals surface area contributed by atoms with E-state index in [1.54, 1.807) is 18.2 Å². The van der Waals surface area contributed by atoms with E-state index >= 15 is 0 Å². The highest BCUT2D eigenvalue weighted by atomic mass is 19.4. The van der Waals surface area contributed by atoms with Gasteiger partial charge in [0, 0.05) is 5.56 Å². The van der Waals surface area contributed by atoms with E-state index in [1.807, 2.05) is 6.07 Å². The van der Waals surface area contributed by atoms with Crippen LogP contribution >= 0.6 is 0 Å². The van der Waals surface area contributed by atoms with Crippen molar-refractivity contribution in [2.24, 2.45) is 5.10 Å². The molecule has 124 valence electrons. The average molecular weight is 336 g/mol.